The first-order valence-corrected chi connectivity index (χ1v) is 11.3. The molecule has 0 spiro atoms. The second-order valence-electron chi connectivity index (χ2n) is 8.77. The molecule has 2 aromatic rings. The van der Waals surface area contributed by atoms with Gasteiger partial charge in [-0.3, -0.25) is 19.4 Å². The number of halogens is 1. The summed E-state index contributed by atoms with van der Waals surface area (Å²) >= 11 is 0. The standard InChI is InChI=1S/C25H27FN4O3/c1-28-24(31)20-9-17(11-22(26)12-20)8-16-2-4-19(5-3-16)25(32)30-23(6-7-33-30)21-10-18(13-27)14-29-15-21/h9-12,14-16,19,23H,2-8H2,1H3,(H,28,31)/t16-,19-,23-/m0/s1. The number of carbonyl (C=O) groups excluding carboxylic acids is 2. The van der Waals surface area contributed by atoms with E-state index in [1.807, 2.05) is 0 Å². The van der Waals surface area contributed by atoms with E-state index in [0.29, 0.717) is 36.5 Å². The van der Waals surface area contributed by atoms with Crippen molar-refractivity contribution in [3.05, 3.63) is 64.7 Å². The minimum atomic E-state index is -0.415. The van der Waals surface area contributed by atoms with Crippen LogP contribution in [0, 0.1) is 29.0 Å². The van der Waals surface area contributed by atoms with Crippen molar-refractivity contribution in [1.29, 1.82) is 5.26 Å². The number of aromatic nitrogens is 1. The van der Waals surface area contributed by atoms with Crippen LogP contribution >= 0.6 is 0 Å². The predicted octanol–water partition coefficient (Wildman–Crippen LogP) is 3.71. The molecule has 2 amide bonds. The van der Waals surface area contributed by atoms with Crippen molar-refractivity contribution in [2.75, 3.05) is 13.7 Å². The Kier molecular flexibility index (Phi) is 6.99. The fourth-order valence-electron chi connectivity index (χ4n) is 4.86. The van der Waals surface area contributed by atoms with Crippen LogP contribution in [0.3, 0.4) is 0 Å². The fraction of sp³-hybridized carbons (Fsp3) is 0.440. The Bertz CT molecular complexity index is 1080. The normalized spacial score (nSPS) is 22.6. The maximum atomic E-state index is 14.0. The van der Waals surface area contributed by atoms with E-state index in [9.17, 15) is 14.0 Å². The average molecular weight is 451 g/mol. The maximum absolute atomic E-state index is 14.0. The summed E-state index contributed by atoms with van der Waals surface area (Å²) < 4.78 is 14.0. The molecule has 1 aliphatic heterocycles. The number of rotatable bonds is 5. The molecule has 1 aromatic heterocycles. The van der Waals surface area contributed by atoms with Gasteiger partial charge in [0.15, 0.2) is 0 Å². The third kappa shape index (κ3) is 5.20. The monoisotopic (exact) mass is 450 g/mol. The summed E-state index contributed by atoms with van der Waals surface area (Å²) in [6.07, 6.45) is 7.72. The lowest BCUT2D eigenvalue weighted by atomic mass is 9.78. The molecule has 1 saturated carbocycles. The first-order valence-electron chi connectivity index (χ1n) is 11.3. The van der Waals surface area contributed by atoms with Crippen molar-refractivity contribution < 1.29 is 18.8 Å². The zero-order chi connectivity index (χ0) is 23.4. The van der Waals surface area contributed by atoms with Crippen molar-refractivity contribution in [3.63, 3.8) is 0 Å². The van der Waals surface area contributed by atoms with E-state index in [0.717, 1.165) is 36.8 Å². The predicted molar refractivity (Wildman–Crippen MR) is 118 cm³/mol. The second-order valence-corrected chi connectivity index (χ2v) is 8.77. The van der Waals surface area contributed by atoms with Crippen molar-refractivity contribution in [2.24, 2.45) is 11.8 Å². The van der Waals surface area contributed by atoms with Crippen LogP contribution < -0.4 is 5.32 Å². The third-order valence-electron chi connectivity index (χ3n) is 6.56. The second kappa shape index (κ2) is 10.1. The van der Waals surface area contributed by atoms with E-state index >= 15 is 0 Å². The SMILES string of the molecule is CNC(=O)c1cc(F)cc(C[C@H]2CC[C@H](C(=O)N3OCC[C@H]3c3cncc(C#N)c3)CC2)c1. The van der Waals surface area contributed by atoms with Gasteiger partial charge < -0.3 is 5.32 Å². The molecule has 1 saturated heterocycles. The molecule has 1 N–H and O–H groups in total. The summed E-state index contributed by atoms with van der Waals surface area (Å²) in [6.45, 7) is 0.454. The van der Waals surface area contributed by atoms with Gasteiger partial charge >= 0.3 is 0 Å². The number of nitrogens with one attached hydrogen (secondary N) is 1. The van der Waals surface area contributed by atoms with Gasteiger partial charge in [0.2, 0.25) is 5.91 Å². The van der Waals surface area contributed by atoms with Crippen LogP contribution in [0.25, 0.3) is 0 Å². The molecule has 7 nitrogen and oxygen atoms in total. The zero-order valence-electron chi connectivity index (χ0n) is 18.6. The first kappa shape index (κ1) is 22.9. The van der Waals surface area contributed by atoms with Gasteiger partial charge in [0, 0.05) is 37.3 Å². The van der Waals surface area contributed by atoms with Crippen molar-refractivity contribution >= 4 is 11.8 Å². The van der Waals surface area contributed by atoms with Crippen LogP contribution in [0.5, 0.6) is 0 Å². The zero-order valence-corrected chi connectivity index (χ0v) is 18.6. The van der Waals surface area contributed by atoms with Gasteiger partial charge in [-0.25, -0.2) is 9.45 Å². The molecule has 172 valence electrons. The molecule has 2 fully saturated rings. The lowest BCUT2D eigenvalue weighted by molar-refractivity contribution is -0.183. The van der Waals surface area contributed by atoms with Crippen LogP contribution in [-0.2, 0) is 16.1 Å². The van der Waals surface area contributed by atoms with Gasteiger partial charge in [0.1, 0.15) is 11.9 Å². The number of benzene rings is 1. The van der Waals surface area contributed by atoms with Crippen LogP contribution in [0.2, 0.25) is 0 Å². The Morgan fingerprint density at radius 2 is 1.97 bits per heavy atom. The summed E-state index contributed by atoms with van der Waals surface area (Å²) in [5.41, 5.74) is 2.40. The van der Waals surface area contributed by atoms with Crippen molar-refractivity contribution in [3.8, 4) is 6.07 Å². The highest BCUT2D eigenvalue weighted by Gasteiger charge is 2.37. The fourth-order valence-corrected chi connectivity index (χ4v) is 4.86. The van der Waals surface area contributed by atoms with E-state index < -0.39 is 5.82 Å². The number of carbonyl (C=O) groups is 2. The number of hydrogen-bond acceptors (Lipinski definition) is 5. The van der Waals surface area contributed by atoms with Crippen LogP contribution in [-0.4, -0.2) is 35.5 Å². The quantitative estimate of drug-likeness (QED) is 0.749. The van der Waals surface area contributed by atoms with E-state index in [1.54, 1.807) is 18.3 Å². The van der Waals surface area contributed by atoms with Gasteiger partial charge in [-0.1, -0.05) is 0 Å². The van der Waals surface area contributed by atoms with Crippen LogP contribution in [0.1, 0.15) is 65.2 Å². The van der Waals surface area contributed by atoms with E-state index in [-0.39, 0.29) is 23.8 Å². The highest BCUT2D eigenvalue weighted by atomic mass is 19.1. The summed E-state index contributed by atoms with van der Waals surface area (Å²) in [4.78, 5) is 34.9. The third-order valence-corrected chi connectivity index (χ3v) is 6.56. The highest BCUT2D eigenvalue weighted by Crippen LogP contribution is 2.37. The van der Waals surface area contributed by atoms with E-state index in [2.05, 4.69) is 16.4 Å². The molecule has 1 atom stereocenters. The maximum Gasteiger partial charge on any atom is 0.251 e. The molecule has 4 rings (SSSR count). The smallest absolute Gasteiger partial charge is 0.251 e. The minimum Gasteiger partial charge on any atom is -0.355 e. The molecule has 2 aliphatic rings. The summed E-state index contributed by atoms with van der Waals surface area (Å²) in [5.74, 6) is -0.531. The largest absolute Gasteiger partial charge is 0.355 e. The van der Waals surface area contributed by atoms with Gasteiger partial charge in [0.25, 0.3) is 5.91 Å². The van der Waals surface area contributed by atoms with Gasteiger partial charge in [-0.05, 0) is 73.4 Å². The van der Waals surface area contributed by atoms with E-state index in [1.165, 1.54) is 30.4 Å². The Labute approximate surface area is 192 Å². The number of hydroxylamine groups is 2. The van der Waals surface area contributed by atoms with Crippen molar-refractivity contribution in [1.82, 2.24) is 15.4 Å². The van der Waals surface area contributed by atoms with Gasteiger partial charge in [-0.2, -0.15) is 5.26 Å². The molecular weight excluding hydrogens is 423 g/mol. The molecule has 0 unspecified atom stereocenters. The lowest BCUT2D eigenvalue weighted by Crippen LogP contribution is -2.36. The number of hydrogen-bond donors (Lipinski definition) is 1. The molecule has 2 heterocycles. The molecule has 0 radical (unpaired) electrons. The molecular formula is C25H27FN4O3. The minimum absolute atomic E-state index is 0.0223. The van der Waals surface area contributed by atoms with Gasteiger partial charge in [-0.15, -0.1) is 0 Å². The van der Waals surface area contributed by atoms with Crippen molar-refractivity contribution in [2.45, 2.75) is 44.6 Å². The summed E-state index contributed by atoms with van der Waals surface area (Å²) in [6, 6.07) is 8.08. The lowest BCUT2D eigenvalue weighted by Gasteiger charge is -2.32. The molecule has 0 bridgehead atoms. The highest BCUT2D eigenvalue weighted by molar-refractivity contribution is 5.94. The van der Waals surface area contributed by atoms with E-state index in [4.69, 9.17) is 10.1 Å². The summed E-state index contributed by atoms with van der Waals surface area (Å²) in [7, 11) is 1.52. The number of pyridine rings is 1. The molecule has 8 heteroatoms. The van der Waals surface area contributed by atoms with Crippen LogP contribution in [0.15, 0.2) is 36.7 Å². The molecule has 33 heavy (non-hydrogen) atoms. The topological polar surface area (TPSA) is 95.3 Å². The number of amides is 2. The Balaban J connectivity index is 1.37. The first-order chi connectivity index (χ1) is 16.0. The Morgan fingerprint density at radius 3 is 2.70 bits per heavy atom. The molecule has 1 aliphatic carbocycles. The number of nitriles is 1. The number of nitrogens with zero attached hydrogens (tertiary/aromatic N) is 3. The Morgan fingerprint density at radius 1 is 1.18 bits per heavy atom. The Hall–Kier alpha value is -3.31. The van der Waals surface area contributed by atoms with Crippen LogP contribution in [0.4, 0.5) is 4.39 Å². The summed E-state index contributed by atoms with van der Waals surface area (Å²) in [5, 5.41) is 13.1. The average Bonchev–Trinajstić information content (AvgIpc) is 3.33. The molecule has 1 aromatic carbocycles. The van der Waals surface area contributed by atoms with Gasteiger partial charge in [0.05, 0.1) is 18.2 Å².